The first-order chi connectivity index (χ1) is 12.0. The molecule has 0 saturated heterocycles. The highest BCUT2D eigenvalue weighted by Crippen LogP contribution is 2.14. The molecule has 25 heavy (non-hydrogen) atoms. The third kappa shape index (κ3) is 6.82. The maximum atomic E-state index is 12.1. The monoisotopic (exact) mass is 351 g/mol. The van der Waals surface area contributed by atoms with Crippen molar-refractivity contribution >= 4 is 18.0 Å². The van der Waals surface area contributed by atoms with Crippen molar-refractivity contribution in [3.05, 3.63) is 35.9 Å². The summed E-state index contributed by atoms with van der Waals surface area (Å²) in [6, 6.07) is 8.41. The second-order valence-electron chi connectivity index (χ2n) is 5.20. The fourth-order valence-electron chi connectivity index (χ4n) is 2.23. The van der Waals surface area contributed by atoms with Crippen LogP contribution in [0.2, 0.25) is 0 Å². The fourth-order valence-corrected chi connectivity index (χ4v) is 2.23. The zero-order valence-electron chi connectivity index (χ0n) is 14.8. The molecule has 0 aliphatic heterocycles. The van der Waals surface area contributed by atoms with Crippen LogP contribution in [0.15, 0.2) is 30.3 Å². The number of carbonyl (C=O) groups is 3. The van der Waals surface area contributed by atoms with Gasteiger partial charge in [0.2, 0.25) is 0 Å². The molecule has 138 valence electrons. The van der Waals surface area contributed by atoms with E-state index < -0.39 is 30.0 Å². The summed E-state index contributed by atoms with van der Waals surface area (Å²) in [5.41, 5.74) is 0.832. The van der Waals surface area contributed by atoms with Crippen LogP contribution in [0.25, 0.3) is 0 Å². The van der Waals surface area contributed by atoms with E-state index in [1.807, 2.05) is 30.3 Å². The normalized spacial score (nSPS) is 11.5. The largest absolute Gasteiger partial charge is 0.465 e. The number of rotatable bonds is 9. The number of amides is 1. The highest BCUT2D eigenvalue weighted by atomic mass is 16.6. The third-order valence-corrected chi connectivity index (χ3v) is 3.44. The van der Waals surface area contributed by atoms with E-state index in [0.717, 1.165) is 5.56 Å². The van der Waals surface area contributed by atoms with E-state index in [0.29, 0.717) is 6.42 Å². The molecule has 1 aromatic carbocycles. The van der Waals surface area contributed by atoms with Crippen LogP contribution in [0.3, 0.4) is 0 Å². The van der Waals surface area contributed by atoms with Gasteiger partial charge in [-0.1, -0.05) is 37.3 Å². The SMILES string of the molecule is CCOC(=O)C(C(=O)OCC)C(CC)NC(=O)OCc1ccccc1. The van der Waals surface area contributed by atoms with Crippen molar-refractivity contribution in [1.29, 1.82) is 0 Å². The first-order valence-electron chi connectivity index (χ1n) is 8.33. The second-order valence-corrected chi connectivity index (χ2v) is 5.20. The Morgan fingerprint density at radius 1 is 0.920 bits per heavy atom. The molecule has 0 bridgehead atoms. The number of hydrogen-bond acceptors (Lipinski definition) is 6. The van der Waals surface area contributed by atoms with Crippen LogP contribution in [0.4, 0.5) is 4.79 Å². The molecule has 7 heteroatoms. The summed E-state index contributed by atoms with van der Waals surface area (Å²) in [6.45, 7) is 5.37. The van der Waals surface area contributed by atoms with Gasteiger partial charge in [0.05, 0.1) is 19.3 Å². The van der Waals surface area contributed by atoms with E-state index in [4.69, 9.17) is 14.2 Å². The molecule has 1 rings (SSSR count). The van der Waals surface area contributed by atoms with E-state index in [1.165, 1.54) is 0 Å². The molecular weight excluding hydrogens is 326 g/mol. The summed E-state index contributed by atoms with van der Waals surface area (Å²) < 4.78 is 15.0. The molecular formula is C18H25NO6. The molecule has 7 nitrogen and oxygen atoms in total. The van der Waals surface area contributed by atoms with Crippen molar-refractivity contribution in [3.63, 3.8) is 0 Å². The van der Waals surface area contributed by atoms with Crippen LogP contribution in [-0.2, 0) is 30.4 Å². The van der Waals surface area contributed by atoms with Gasteiger partial charge in [-0.15, -0.1) is 0 Å². The molecule has 0 aromatic heterocycles. The van der Waals surface area contributed by atoms with Crippen LogP contribution in [0.5, 0.6) is 0 Å². The van der Waals surface area contributed by atoms with Crippen molar-refractivity contribution in [1.82, 2.24) is 5.32 Å². The van der Waals surface area contributed by atoms with Crippen LogP contribution in [0, 0.1) is 5.92 Å². The molecule has 1 amide bonds. The Labute approximate surface area is 147 Å². The van der Waals surface area contributed by atoms with Gasteiger partial charge in [-0.3, -0.25) is 9.59 Å². The summed E-state index contributed by atoms with van der Waals surface area (Å²) in [4.78, 5) is 36.2. The van der Waals surface area contributed by atoms with Gasteiger partial charge >= 0.3 is 18.0 Å². The lowest BCUT2D eigenvalue weighted by Gasteiger charge is -2.23. The van der Waals surface area contributed by atoms with Gasteiger partial charge in [0.15, 0.2) is 5.92 Å². The van der Waals surface area contributed by atoms with Crippen molar-refractivity contribution < 1.29 is 28.6 Å². The minimum Gasteiger partial charge on any atom is -0.465 e. The number of benzene rings is 1. The minimum absolute atomic E-state index is 0.0899. The second kappa shape index (κ2) is 11.1. The smallest absolute Gasteiger partial charge is 0.407 e. The van der Waals surface area contributed by atoms with Crippen LogP contribution in [0.1, 0.15) is 32.8 Å². The highest BCUT2D eigenvalue weighted by Gasteiger charge is 2.37. The lowest BCUT2D eigenvalue weighted by molar-refractivity contribution is -0.163. The average molecular weight is 351 g/mol. The number of carbonyl (C=O) groups excluding carboxylic acids is 3. The van der Waals surface area contributed by atoms with Crippen molar-refractivity contribution in [2.24, 2.45) is 5.92 Å². The van der Waals surface area contributed by atoms with E-state index in [2.05, 4.69) is 5.32 Å². The van der Waals surface area contributed by atoms with Crippen LogP contribution >= 0.6 is 0 Å². The molecule has 1 aromatic rings. The zero-order chi connectivity index (χ0) is 18.7. The first-order valence-corrected chi connectivity index (χ1v) is 8.33. The summed E-state index contributed by atoms with van der Waals surface area (Å²) in [7, 11) is 0. The Hall–Kier alpha value is -2.57. The average Bonchev–Trinajstić information content (AvgIpc) is 2.60. The molecule has 0 spiro atoms. The van der Waals surface area contributed by atoms with Gasteiger partial charge in [-0.2, -0.15) is 0 Å². The lowest BCUT2D eigenvalue weighted by atomic mass is 9.97. The predicted molar refractivity (Wildman–Crippen MR) is 90.6 cm³/mol. The summed E-state index contributed by atoms with van der Waals surface area (Å²) in [6.07, 6.45) is -0.378. The summed E-state index contributed by atoms with van der Waals surface area (Å²) in [5, 5.41) is 2.55. The third-order valence-electron chi connectivity index (χ3n) is 3.44. The number of ether oxygens (including phenoxy) is 3. The topological polar surface area (TPSA) is 90.9 Å². The molecule has 0 radical (unpaired) electrons. The Balaban J connectivity index is 2.72. The number of nitrogens with one attached hydrogen (secondary N) is 1. The Bertz CT molecular complexity index is 542. The number of hydrogen-bond donors (Lipinski definition) is 1. The Morgan fingerprint density at radius 3 is 1.96 bits per heavy atom. The van der Waals surface area contributed by atoms with Crippen molar-refractivity contribution in [3.8, 4) is 0 Å². The summed E-state index contributed by atoms with van der Waals surface area (Å²) in [5.74, 6) is -2.68. The molecule has 0 fully saturated rings. The van der Waals surface area contributed by atoms with Gasteiger partial charge in [0.1, 0.15) is 6.61 Å². The first kappa shape index (κ1) is 20.5. The standard InChI is InChI=1S/C18H25NO6/c1-4-14(15(16(20)23-5-2)17(21)24-6-3)19-18(22)25-12-13-10-8-7-9-11-13/h7-11,14-15H,4-6,12H2,1-3H3,(H,19,22). The van der Waals surface area contributed by atoms with E-state index >= 15 is 0 Å². The van der Waals surface area contributed by atoms with E-state index in [-0.39, 0.29) is 19.8 Å². The maximum absolute atomic E-state index is 12.1. The Kier molecular flexibility index (Phi) is 9.06. The highest BCUT2D eigenvalue weighted by molar-refractivity contribution is 5.96. The summed E-state index contributed by atoms with van der Waals surface area (Å²) >= 11 is 0. The number of alkyl carbamates (subject to hydrolysis) is 1. The molecule has 0 aliphatic rings. The van der Waals surface area contributed by atoms with E-state index in [9.17, 15) is 14.4 Å². The molecule has 0 heterocycles. The van der Waals surface area contributed by atoms with Gasteiger partial charge in [0, 0.05) is 0 Å². The fraction of sp³-hybridized carbons (Fsp3) is 0.500. The molecule has 1 unspecified atom stereocenters. The quantitative estimate of drug-likeness (QED) is 0.417. The van der Waals surface area contributed by atoms with Crippen LogP contribution < -0.4 is 5.32 Å². The number of esters is 2. The zero-order valence-corrected chi connectivity index (χ0v) is 14.8. The molecule has 0 saturated carbocycles. The van der Waals surface area contributed by atoms with Crippen LogP contribution in [-0.4, -0.2) is 37.3 Å². The minimum atomic E-state index is -1.23. The molecule has 0 aliphatic carbocycles. The maximum Gasteiger partial charge on any atom is 0.407 e. The molecule has 1 atom stereocenters. The van der Waals surface area contributed by atoms with Gasteiger partial charge < -0.3 is 19.5 Å². The van der Waals surface area contributed by atoms with Gasteiger partial charge in [-0.25, -0.2) is 4.79 Å². The predicted octanol–water partition coefficient (Wildman–Crippen LogP) is 2.43. The molecule has 1 N–H and O–H groups in total. The van der Waals surface area contributed by atoms with Crippen molar-refractivity contribution in [2.45, 2.75) is 39.8 Å². The lowest BCUT2D eigenvalue weighted by Crippen LogP contribution is -2.47. The van der Waals surface area contributed by atoms with Gasteiger partial charge in [0.25, 0.3) is 0 Å². The van der Waals surface area contributed by atoms with Gasteiger partial charge in [-0.05, 0) is 25.8 Å². The van der Waals surface area contributed by atoms with E-state index in [1.54, 1.807) is 20.8 Å². The Morgan fingerprint density at radius 2 is 1.48 bits per heavy atom. The van der Waals surface area contributed by atoms with Crippen molar-refractivity contribution in [2.75, 3.05) is 13.2 Å².